The van der Waals surface area contributed by atoms with Gasteiger partial charge in [-0.1, -0.05) is 42.0 Å². The van der Waals surface area contributed by atoms with Crippen molar-refractivity contribution in [3.8, 4) is 5.75 Å². The van der Waals surface area contributed by atoms with Crippen LogP contribution in [0.15, 0.2) is 53.4 Å². The molecule has 0 saturated carbocycles. The standard InChI is InChI=1S/C17H17BO4S/c1-12-5-9-15(10-6-12)23(19,20)21-11-14-8-7-13-3-2-4-16(18)17(13)22-14/h2-10,14H,11,18H2,1H3. The summed E-state index contributed by atoms with van der Waals surface area (Å²) in [5.74, 6) is 0.774. The maximum absolute atomic E-state index is 12.2. The molecular formula is C17H17BO4S. The first-order valence-electron chi connectivity index (χ1n) is 7.36. The van der Waals surface area contributed by atoms with E-state index < -0.39 is 16.2 Å². The molecule has 1 aliphatic rings. The van der Waals surface area contributed by atoms with Crippen LogP contribution in [0.1, 0.15) is 11.1 Å². The van der Waals surface area contributed by atoms with Crippen molar-refractivity contribution in [2.75, 3.05) is 6.61 Å². The number of hydrogen-bond donors (Lipinski definition) is 0. The quantitative estimate of drug-likeness (QED) is 0.629. The van der Waals surface area contributed by atoms with Crippen LogP contribution in [0.25, 0.3) is 6.08 Å². The molecule has 0 radical (unpaired) electrons. The van der Waals surface area contributed by atoms with E-state index in [0.717, 1.165) is 22.3 Å². The zero-order valence-corrected chi connectivity index (χ0v) is 13.8. The normalized spacial score (nSPS) is 16.7. The molecule has 23 heavy (non-hydrogen) atoms. The van der Waals surface area contributed by atoms with Crippen molar-refractivity contribution in [1.29, 1.82) is 0 Å². The van der Waals surface area contributed by atoms with Gasteiger partial charge in [0.15, 0.2) is 0 Å². The molecule has 118 valence electrons. The minimum atomic E-state index is -3.78. The van der Waals surface area contributed by atoms with E-state index in [1.54, 1.807) is 24.3 Å². The summed E-state index contributed by atoms with van der Waals surface area (Å²) in [6, 6.07) is 12.4. The molecule has 3 rings (SSSR count). The number of hydrogen-bond acceptors (Lipinski definition) is 4. The highest BCUT2D eigenvalue weighted by molar-refractivity contribution is 7.86. The van der Waals surface area contributed by atoms with Gasteiger partial charge in [0.1, 0.15) is 26.3 Å². The minimum Gasteiger partial charge on any atom is -0.484 e. The molecule has 2 aromatic carbocycles. The molecule has 1 atom stereocenters. The third-order valence-electron chi connectivity index (χ3n) is 3.70. The lowest BCUT2D eigenvalue weighted by Gasteiger charge is -2.22. The summed E-state index contributed by atoms with van der Waals surface area (Å²) in [5.41, 5.74) is 3.00. The third-order valence-corrected chi connectivity index (χ3v) is 5.00. The van der Waals surface area contributed by atoms with Crippen LogP contribution in [0.4, 0.5) is 0 Å². The smallest absolute Gasteiger partial charge is 0.297 e. The average molecular weight is 328 g/mol. The summed E-state index contributed by atoms with van der Waals surface area (Å²) < 4.78 is 35.4. The molecule has 6 heteroatoms. The summed E-state index contributed by atoms with van der Waals surface area (Å²) in [5, 5.41) is 0. The molecule has 0 fully saturated rings. The van der Waals surface area contributed by atoms with Crippen molar-refractivity contribution >= 4 is 29.5 Å². The van der Waals surface area contributed by atoms with E-state index in [9.17, 15) is 8.42 Å². The Hall–Kier alpha value is -2.05. The van der Waals surface area contributed by atoms with Gasteiger partial charge in [-0.2, -0.15) is 8.42 Å². The van der Waals surface area contributed by atoms with Crippen molar-refractivity contribution < 1.29 is 17.3 Å². The predicted octanol–water partition coefficient (Wildman–Crippen LogP) is 1.43. The highest BCUT2D eigenvalue weighted by Crippen LogP contribution is 2.24. The number of rotatable bonds is 4. The molecular weight excluding hydrogens is 311 g/mol. The molecule has 1 heterocycles. The van der Waals surface area contributed by atoms with Gasteiger partial charge >= 0.3 is 0 Å². The summed E-state index contributed by atoms with van der Waals surface area (Å²) >= 11 is 0. The Kier molecular flexibility index (Phi) is 4.28. The van der Waals surface area contributed by atoms with E-state index in [1.165, 1.54) is 0 Å². The maximum atomic E-state index is 12.2. The Morgan fingerprint density at radius 1 is 1.17 bits per heavy atom. The van der Waals surface area contributed by atoms with Gasteiger partial charge in [0.25, 0.3) is 10.1 Å². The molecule has 0 aromatic heterocycles. The van der Waals surface area contributed by atoms with Crippen LogP contribution in [0.3, 0.4) is 0 Å². The molecule has 0 saturated heterocycles. The number of fused-ring (bicyclic) bond motifs is 1. The number of benzene rings is 2. The Labute approximate surface area is 137 Å². The van der Waals surface area contributed by atoms with Gasteiger partial charge in [-0.15, -0.1) is 0 Å². The van der Waals surface area contributed by atoms with Gasteiger partial charge in [0.05, 0.1) is 4.90 Å². The zero-order valence-electron chi connectivity index (χ0n) is 13.0. The van der Waals surface area contributed by atoms with Crippen LogP contribution >= 0.6 is 0 Å². The summed E-state index contributed by atoms with van der Waals surface area (Å²) in [6.45, 7) is 1.85. The highest BCUT2D eigenvalue weighted by atomic mass is 32.2. The lowest BCUT2D eigenvalue weighted by molar-refractivity contribution is 0.167. The fourth-order valence-corrected chi connectivity index (χ4v) is 3.31. The molecule has 0 spiro atoms. The molecule has 0 bridgehead atoms. The summed E-state index contributed by atoms with van der Waals surface area (Å²) in [6.07, 6.45) is 3.31. The van der Waals surface area contributed by atoms with Crippen LogP contribution in [-0.4, -0.2) is 29.0 Å². The lowest BCUT2D eigenvalue weighted by Crippen LogP contribution is -2.27. The SMILES string of the molecule is Bc1cccc2c1OC(COS(=O)(=O)c1ccc(C)cc1)C=C2. The zero-order chi connectivity index (χ0) is 16.4. The minimum absolute atomic E-state index is 0.0551. The Morgan fingerprint density at radius 2 is 1.91 bits per heavy atom. The van der Waals surface area contributed by atoms with E-state index in [1.807, 2.05) is 45.1 Å². The topological polar surface area (TPSA) is 52.6 Å². The van der Waals surface area contributed by atoms with Crippen molar-refractivity contribution in [2.45, 2.75) is 17.9 Å². The van der Waals surface area contributed by atoms with Gasteiger partial charge in [-0.3, -0.25) is 4.18 Å². The van der Waals surface area contributed by atoms with Gasteiger partial charge in [-0.05, 0) is 30.6 Å². The summed E-state index contributed by atoms with van der Waals surface area (Å²) in [7, 11) is -1.82. The number of ether oxygens (including phenoxy) is 1. The molecule has 0 aliphatic carbocycles. The second kappa shape index (κ2) is 6.22. The highest BCUT2D eigenvalue weighted by Gasteiger charge is 2.21. The Morgan fingerprint density at radius 3 is 2.65 bits per heavy atom. The van der Waals surface area contributed by atoms with Crippen LogP contribution < -0.4 is 10.2 Å². The first-order chi connectivity index (χ1) is 11.0. The van der Waals surface area contributed by atoms with E-state index in [2.05, 4.69) is 0 Å². The number of aryl methyl sites for hydroxylation is 1. The Balaban J connectivity index is 1.70. The fourth-order valence-electron chi connectivity index (χ4n) is 2.39. The number of para-hydroxylation sites is 1. The van der Waals surface area contributed by atoms with E-state index in [0.29, 0.717) is 0 Å². The molecule has 1 unspecified atom stereocenters. The first kappa shape index (κ1) is 15.8. The van der Waals surface area contributed by atoms with Crippen molar-refractivity contribution in [3.05, 3.63) is 59.7 Å². The van der Waals surface area contributed by atoms with Crippen LogP contribution in [0.5, 0.6) is 5.75 Å². The van der Waals surface area contributed by atoms with E-state index >= 15 is 0 Å². The maximum Gasteiger partial charge on any atom is 0.297 e. The van der Waals surface area contributed by atoms with Crippen molar-refractivity contribution in [2.24, 2.45) is 0 Å². The van der Waals surface area contributed by atoms with Gasteiger partial charge < -0.3 is 4.74 Å². The van der Waals surface area contributed by atoms with Crippen molar-refractivity contribution in [1.82, 2.24) is 0 Å². The van der Waals surface area contributed by atoms with Crippen LogP contribution in [-0.2, 0) is 14.3 Å². The average Bonchev–Trinajstić information content (AvgIpc) is 2.54. The predicted molar refractivity (Wildman–Crippen MR) is 92.4 cm³/mol. The molecule has 2 aromatic rings. The van der Waals surface area contributed by atoms with Crippen LogP contribution in [0, 0.1) is 6.92 Å². The van der Waals surface area contributed by atoms with Crippen molar-refractivity contribution in [3.63, 3.8) is 0 Å². The molecule has 1 aliphatic heterocycles. The molecule has 4 nitrogen and oxygen atoms in total. The second-order valence-corrected chi connectivity index (χ2v) is 7.18. The van der Waals surface area contributed by atoms with Crippen LogP contribution in [0.2, 0.25) is 0 Å². The van der Waals surface area contributed by atoms with Gasteiger partial charge in [-0.25, -0.2) is 0 Å². The lowest BCUT2D eigenvalue weighted by atomic mass is 9.91. The second-order valence-electron chi connectivity index (χ2n) is 5.56. The van der Waals surface area contributed by atoms with E-state index in [-0.39, 0.29) is 11.5 Å². The van der Waals surface area contributed by atoms with Gasteiger partial charge in [0.2, 0.25) is 0 Å². The summed E-state index contributed by atoms with van der Waals surface area (Å²) in [4.78, 5) is 0.152. The third kappa shape index (κ3) is 3.49. The largest absolute Gasteiger partial charge is 0.484 e. The first-order valence-corrected chi connectivity index (χ1v) is 8.77. The van der Waals surface area contributed by atoms with Gasteiger partial charge in [0, 0.05) is 5.56 Å². The molecule has 0 amide bonds. The Bertz CT molecular complexity index is 841. The van der Waals surface area contributed by atoms with E-state index in [4.69, 9.17) is 8.92 Å². The fraction of sp³-hybridized carbons (Fsp3) is 0.176. The molecule has 0 N–H and O–H groups in total. The monoisotopic (exact) mass is 328 g/mol.